The first kappa shape index (κ1) is 47.8. The Labute approximate surface area is 366 Å². The molecular formula is C44H61FN6O12. The van der Waals surface area contributed by atoms with Gasteiger partial charge in [-0.05, 0) is 85.7 Å². The van der Waals surface area contributed by atoms with Gasteiger partial charge in [0.05, 0.1) is 61.5 Å². The number of methoxy groups -OCH3 is 1. The molecule has 4 atom stereocenters. The Balaban J connectivity index is 1.22. The fourth-order valence-electron chi connectivity index (χ4n) is 8.39. The summed E-state index contributed by atoms with van der Waals surface area (Å²) in [5, 5.41) is 38.0. The monoisotopic (exact) mass is 884 g/mol. The van der Waals surface area contributed by atoms with Gasteiger partial charge in [0.2, 0.25) is 11.8 Å². The first-order valence-electron chi connectivity index (χ1n) is 21.6. The SMILES string of the molecule is COCCCN1CCOc2ccc(COC3CN(C(=O)CCCCON(O)O)CC(NC(=O)CCCCON(O)O)C3c3ccc(OC4CCN(c5cccc(F)c5)C4)cc3)cc21. The van der Waals surface area contributed by atoms with Crippen molar-refractivity contribution in [2.75, 3.05) is 82.6 Å². The lowest BCUT2D eigenvalue weighted by atomic mass is 9.82. The van der Waals surface area contributed by atoms with Gasteiger partial charge in [-0.2, -0.15) is 0 Å². The van der Waals surface area contributed by atoms with E-state index in [9.17, 15) is 14.0 Å². The van der Waals surface area contributed by atoms with E-state index >= 15 is 0 Å². The number of nitrogens with zero attached hydrogens (tertiary/aromatic N) is 5. The average molecular weight is 885 g/mol. The molecule has 0 aromatic heterocycles. The van der Waals surface area contributed by atoms with Crippen molar-refractivity contribution in [1.82, 2.24) is 21.0 Å². The highest BCUT2D eigenvalue weighted by Gasteiger charge is 2.41. The molecule has 3 aliphatic heterocycles. The van der Waals surface area contributed by atoms with Gasteiger partial charge in [0, 0.05) is 70.8 Å². The molecular weight excluding hydrogens is 824 g/mol. The lowest BCUT2D eigenvalue weighted by molar-refractivity contribution is -0.492. The first-order valence-corrected chi connectivity index (χ1v) is 21.6. The molecule has 0 saturated carbocycles. The summed E-state index contributed by atoms with van der Waals surface area (Å²) in [6, 6.07) is 19.7. The van der Waals surface area contributed by atoms with Gasteiger partial charge >= 0.3 is 0 Å². The summed E-state index contributed by atoms with van der Waals surface area (Å²) >= 11 is 0. The normalized spacial score (nSPS) is 20.0. The molecule has 3 aromatic carbocycles. The standard InChI is InChI=1S/C44H61FN6O12/c1-58-22-7-19-47-21-25-59-40-17-12-32(26-39(40)47)31-60-41-30-49(43(53)11-3-5-24-62-51(56)57)29-38(46-42(52)10-2-4-23-61-50(54)55)44(41)33-13-15-36(16-14-33)63-37-18-20-48(28-37)35-9-6-8-34(45)27-35/h6,8-9,12-17,26-27,37-38,41,44,54-57H,2-5,7,10-11,18-25,28-31H2,1H3,(H,46,52). The predicted octanol–water partition coefficient (Wildman–Crippen LogP) is 5.08. The van der Waals surface area contributed by atoms with E-state index in [4.69, 9.17) is 39.8 Å². The number of nitrogens with one attached hydrogen (secondary N) is 1. The number of halogens is 1. The highest BCUT2D eigenvalue weighted by atomic mass is 19.1. The van der Waals surface area contributed by atoms with Gasteiger partial charge in [-0.25, -0.2) is 4.39 Å². The molecule has 2 fully saturated rings. The lowest BCUT2D eigenvalue weighted by Gasteiger charge is -2.44. The molecule has 346 valence electrons. The second-order valence-corrected chi connectivity index (χ2v) is 15.9. The molecule has 18 nitrogen and oxygen atoms in total. The lowest BCUT2D eigenvalue weighted by Crippen LogP contribution is -2.59. The molecule has 19 heteroatoms. The van der Waals surface area contributed by atoms with Crippen molar-refractivity contribution in [3.05, 3.63) is 83.7 Å². The minimum atomic E-state index is -0.561. The van der Waals surface area contributed by atoms with Crippen LogP contribution in [0.15, 0.2) is 66.7 Å². The zero-order valence-corrected chi connectivity index (χ0v) is 35.8. The number of unbranched alkanes of at least 4 members (excludes halogenated alkanes) is 2. The van der Waals surface area contributed by atoms with Crippen LogP contribution >= 0.6 is 0 Å². The van der Waals surface area contributed by atoms with Crippen molar-refractivity contribution in [2.24, 2.45) is 0 Å². The van der Waals surface area contributed by atoms with Crippen molar-refractivity contribution in [3.63, 3.8) is 0 Å². The minimum absolute atomic E-state index is 0.00204. The fourth-order valence-corrected chi connectivity index (χ4v) is 8.39. The van der Waals surface area contributed by atoms with E-state index in [1.54, 1.807) is 18.1 Å². The van der Waals surface area contributed by atoms with Crippen LogP contribution in [0.5, 0.6) is 11.5 Å². The Hall–Kier alpha value is -4.67. The van der Waals surface area contributed by atoms with Crippen LogP contribution in [0.25, 0.3) is 0 Å². The molecule has 5 N–H and O–H groups in total. The summed E-state index contributed by atoms with van der Waals surface area (Å²) in [4.78, 5) is 42.8. The molecule has 0 spiro atoms. The summed E-state index contributed by atoms with van der Waals surface area (Å²) in [5.41, 5.74) is 3.59. The van der Waals surface area contributed by atoms with Crippen LogP contribution in [0.2, 0.25) is 0 Å². The number of piperidine rings is 1. The van der Waals surface area contributed by atoms with Crippen LogP contribution in [0.1, 0.15) is 68.4 Å². The molecule has 6 rings (SSSR count). The smallest absolute Gasteiger partial charge is 0.222 e. The average Bonchev–Trinajstić information content (AvgIpc) is 3.74. The molecule has 4 unspecified atom stereocenters. The molecule has 0 radical (unpaired) electrons. The van der Waals surface area contributed by atoms with Gasteiger partial charge < -0.3 is 39.0 Å². The van der Waals surface area contributed by atoms with Crippen molar-refractivity contribution < 1.29 is 63.4 Å². The van der Waals surface area contributed by atoms with Gasteiger partial charge in [0.1, 0.15) is 30.0 Å². The number of hydrogen-bond acceptors (Lipinski definition) is 16. The minimum Gasteiger partial charge on any atom is -0.490 e. The van der Waals surface area contributed by atoms with E-state index in [-0.39, 0.29) is 86.2 Å². The highest BCUT2D eigenvalue weighted by Crippen LogP contribution is 2.36. The van der Waals surface area contributed by atoms with Crippen molar-refractivity contribution in [2.45, 2.75) is 82.1 Å². The maximum Gasteiger partial charge on any atom is 0.222 e. The molecule has 3 aromatic rings. The van der Waals surface area contributed by atoms with Gasteiger partial charge in [-0.3, -0.25) is 40.1 Å². The number of fused-ring (bicyclic) bond motifs is 1. The number of likely N-dealkylation sites (tertiary alicyclic amines) is 1. The Morgan fingerprint density at radius 1 is 0.857 bits per heavy atom. The Morgan fingerprint density at radius 2 is 1.62 bits per heavy atom. The van der Waals surface area contributed by atoms with E-state index in [1.165, 1.54) is 12.1 Å². The third-order valence-electron chi connectivity index (χ3n) is 11.5. The van der Waals surface area contributed by atoms with Crippen LogP contribution in [0.4, 0.5) is 15.8 Å². The number of hydrogen-bond donors (Lipinski definition) is 5. The molecule has 2 amide bonds. The van der Waals surface area contributed by atoms with E-state index in [2.05, 4.69) is 30.9 Å². The van der Waals surface area contributed by atoms with E-state index in [0.717, 1.165) is 60.7 Å². The highest BCUT2D eigenvalue weighted by molar-refractivity contribution is 5.78. The van der Waals surface area contributed by atoms with Crippen LogP contribution in [0, 0.1) is 5.82 Å². The Kier molecular flexibility index (Phi) is 18.5. The summed E-state index contributed by atoms with van der Waals surface area (Å²) in [6.07, 6.45) is 2.90. The number of amides is 2. The predicted molar refractivity (Wildman–Crippen MR) is 225 cm³/mol. The van der Waals surface area contributed by atoms with Crippen molar-refractivity contribution in [3.8, 4) is 11.5 Å². The molecule has 0 bridgehead atoms. The molecule has 3 heterocycles. The second-order valence-electron chi connectivity index (χ2n) is 15.9. The number of carbonyl (C=O) groups excluding carboxylic acids is 2. The van der Waals surface area contributed by atoms with Gasteiger partial charge in [0.15, 0.2) is 0 Å². The maximum atomic E-state index is 13.9. The van der Waals surface area contributed by atoms with Crippen molar-refractivity contribution >= 4 is 23.2 Å². The third kappa shape index (κ3) is 14.7. The number of rotatable bonds is 24. The zero-order chi connectivity index (χ0) is 44.6. The molecule has 0 aliphatic carbocycles. The molecule has 2 saturated heterocycles. The number of benzene rings is 3. The van der Waals surface area contributed by atoms with Crippen LogP contribution in [0.3, 0.4) is 0 Å². The van der Waals surface area contributed by atoms with E-state index in [1.807, 2.05) is 42.5 Å². The molecule has 63 heavy (non-hydrogen) atoms. The fraction of sp³-hybridized carbons (Fsp3) is 0.545. The number of ether oxygens (including phenoxy) is 4. The molecule has 3 aliphatic rings. The van der Waals surface area contributed by atoms with Crippen LogP contribution in [-0.4, -0.2) is 139 Å². The summed E-state index contributed by atoms with van der Waals surface area (Å²) in [6.45, 7) is 4.81. The largest absolute Gasteiger partial charge is 0.490 e. The van der Waals surface area contributed by atoms with Gasteiger partial charge in [0.25, 0.3) is 0 Å². The Morgan fingerprint density at radius 3 is 2.35 bits per heavy atom. The second kappa shape index (κ2) is 24.4. The van der Waals surface area contributed by atoms with E-state index < -0.39 is 12.1 Å². The zero-order valence-electron chi connectivity index (χ0n) is 35.8. The third-order valence-corrected chi connectivity index (χ3v) is 11.5. The quantitative estimate of drug-likeness (QED) is 0.0589. The maximum absolute atomic E-state index is 13.9. The van der Waals surface area contributed by atoms with Crippen LogP contribution < -0.4 is 24.6 Å². The number of anilines is 2. The number of carbonyl (C=O) groups is 2. The first-order chi connectivity index (χ1) is 30.6. The Bertz CT molecular complexity index is 1880. The summed E-state index contributed by atoms with van der Waals surface area (Å²) in [5.74, 6) is 0.404. The van der Waals surface area contributed by atoms with Crippen molar-refractivity contribution in [1.29, 1.82) is 0 Å². The van der Waals surface area contributed by atoms with Gasteiger partial charge in [-0.1, -0.05) is 24.3 Å². The topological polar surface area (TPSA) is 199 Å². The van der Waals surface area contributed by atoms with Gasteiger partial charge in [-0.15, -0.1) is 0 Å². The summed E-state index contributed by atoms with van der Waals surface area (Å²) < 4.78 is 38.4. The van der Waals surface area contributed by atoms with E-state index in [0.29, 0.717) is 51.2 Å². The summed E-state index contributed by atoms with van der Waals surface area (Å²) in [7, 11) is 1.69. The van der Waals surface area contributed by atoms with Crippen LogP contribution in [-0.2, 0) is 35.3 Å².